The summed E-state index contributed by atoms with van der Waals surface area (Å²) in [6.45, 7) is 0.367. The Kier molecular flexibility index (Phi) is 5.27. The van der Waals surface area contributed by atoms with Gasteiger partial charge in [0, 0.05) is 5.56 Å². The van der Waals surface area contributed by atoms with E-state index in [0.29, 0.717) is 12.2 Å². The van der Waals surface area contributed by atoms with Gasteiger partial charge in [-0.2, -0.15) is 0 Å². The standard InChI is InChI=1S/C18H17N3O6S/c19-28(26,27)14-7-1-11(2-8-14)10-20-15-9-16(22)21(17(15)23)13-5-3-12(4-6-13)18(24)25/h1-8,15,20H,9-10H2,(H,24,25)(H2,19,26,27)/t15-/m0/s1. The highest BCUT2D eigenvalue weighted by Gasteiger charge is 2.42. The SMILES string of the molecule is NS(=O)(=O)c1ccc(C[NH2+][C@H]2CC(=O)N(c3ccc(C(=O)[O-])cc3)C2=O)cc1. The van der Waals surface area contributed by atoms with Gasteiger partial charge in [0.1, 0.15) is 6.54 Å². The van der Waals surface area contributed by atoms with E-state index in [1.54, 1.807) is 17.4 Å². The first-order chi connectivity index (χ1) is 13.2. The fraction of sp³-hybridized carbons (Fsp3) is 0.167. The van der Waals surface area contributed by atoms with Crippen molar-refractivity contribution in [3.8, 4) is 0 Å². The van der Waals surface area contributed by atoms with Crippen LogP contribution >= 0.6 is 0 Å². The number of benzene rings is 2. The second kappa shape index (κ2) is 7.50. The minimum Gasteiger partial charge on any atom is -0.545 e. The summed E-state index contributed by atoms with van der Waals surface area (Å²) in [5.41, 5.74) is 1.02. The number of anilines is 1. The number of carboxylic acid groups (broad SMARTS) is 1. The monoisotopic (exact) mass is 403 g/mol. The molecule has 1 aliphatic heterocycles. The molecular weight excluding hydrogens is 386 g/mol. The maximum Gasteiger partial charge on any atom is 0.292 e. The molecule has 2 amide bonds. The van der Waals surface area contributed by atoms with Crippen molar-refractivity contribution in [2.45, 2.75) is 23.9 Å². The lowest BCUT2D eigenvalue weighted by molar-refractivity contribution is -0.690. The number of imide groups is 1. The summed E-state index contributed by atoms with van der Waals surface area (Å²) >= 11 is 0. The van der Waals surface area contributed by atoms with E-state index in [0.717, 1.165) is 10.5 Å². The first-order valence-corrected chi connectivity index (χ1v) is 9.85. The predicted molar refractivity (Wildman–Crippen MR) is 95.1 cm³/mol. The fourth-order valence-electron chi connectivity index (χ4n) is 2.95. The average molecular weight is 403 g/mol. The van der Waals surface area contributed by atoms with E-state index >= 15 is 0 Å². The third-order valence-corrected chi connectivity index (χ3v) is 5.36. The van der Waals surface area contributed by atoms with Crippen LogP contribution in [-0.4, -0.2) is 32.2 Å². The molecule has 0 bridgehead atoms. The molecule has 0 radical (unpaired) electrons. The van der Waals surface area contributed by atoms with Gasteiger partial charge in [-0.15, -0.1) is 0 Å². The van der Waals surface area contributed by atoms with E-state index < -0.39 is 27.9 Å². The number of carbonyl (C=O) groups is 3. The van der Waals surface area contributed by atoms with Crippen molar-refractivity contribution in [2.24, 2.45) is 5.14 Å². The number of primary sulfonamides is 1. The van der Waals surface area contributed by atoms with E-state index in [-0.39, 0.29) is 22.8 Å². The van der Waals surface area contributed by atoms with Crippen LogP contribution in [0.25, 0.3) is 0 Å². The number of hydrogen-bond acceptors (Lipinski definition) is 6. The van der Waals surface area contributed by atoms with Crippen molar-refractivity contribution in [2.75, 3.05) is 4.90 Å². The number of sulfonamides is 1. The summed E-state index contributed by atoms with van der Waals surface area (Å²) in [5.74, 6) is -2.12. The molecule has 0 unspecified atom stereocenters. The lowest BCUT2D eigenvalue weighted by atomic mass is 10.2. The number of hydrogen-bond donors (Lipinski definition) is 2. The van der Waals surface area contributed by atoms with Gasteiger partial charge in [-0.1, -0.05) is 24.3 Å². The summed E-state index contributed by atoms with van der Waals surface area (Å²) in [6, 6.07) is 10.6. The molecule has 9 nitrogen and oxygen atoms in total. The van der Waals surface area contributed by atoms with Crippen molar-refractivity contribution >= 4 is 33.5 Å². The van der Waals surface area contributed by atoms with Crippen molar-refractivity contribution in [1.29, 1.82) is 0 Å². The lowest BCUT2D eigenvalue weighted by Crippen LogP contribution is -2.90. The number of quaternary nitrogens is 1. The number of rotatable bonds is 6. The Labute approximate surface area is 160 Å². The first-order valence-electron chi connectivity index (χ1n) is 8.30. The molecule has 0 aliphatic carbocycles. The minimum absolute atomic E-state index is 0.00504. The maximum absolute atomic E-state index is 12.6. The molecule has 1 fully saturated rings. The van der Waals surface area contributed by atoms with Crippen LogP contribution in [0.15, 0.2) is 53.4 Å². The molecule has 28 heavy (non-hydrogen) atoms. The molecule has 0 saturated carbocycles. The predicted octanol–water partition coefficient (Wildman–Crippen LogP) is -1.91. The Balaban J connectivity index is 1.67. The smallest absolute Gasteiger partial charge is 0.292 e. The Bertz CT molecular complexity index is 1030. The molecular formula is C18H17N3O6S. The van der Waals surface area contributed by atoms with E-state index in [4.69, 9.17) is 5.14 Å². The molecule has 1 aliphatic rings. The molecule has 0 spiro atoms. The van der Waals surface area contributed by atoms with E-state index in [1.807, 2.05) is 0 Å². The number of carbonyl (C=O) groups excluding carboxylic acids is 3. The van der Waals surface area contributed by atoms with Gasteiger partial charge in [0.05, 0.1) is 23.0 Å². The van der Waals surface area contributed by atoms with Crippen LogP contribution in [0.3, 0.4) is 0 Å². The summed E-state index contributed by atoms with van der Waals surface area (Å²) in [4.78, 5) is 36.7. The molecule has 1 heterocycles. The van der Waals surface area contributed by atoms with Gasteiger partial charge in [0.15, 0.2) is 6.04 Å². The topological polar surface area (TPSA) is 154 Å². The Morgan fingerprint density at radius 1 is 1.11 bits per heavy atom. The zero-order valence-corrected chi connectivity index (χ0v) is 15.4. The van der Waals surface area contributed by atoms with Gasteiger partial charge in [0.25, 0.3) is 5.91 Å². The van der Waals surface area contributed by atoms with Crippen LogP contribution in [-0.2, 0) is 26.2 Å². The molecule has 4 N–H and O–H groups in total. The largest absolute Gasteiger partial charge is 0.545 e. The fourth-order valence-corrected chi connectivity index (χ4v) is 3.47. The zero-order chi connectivity index (χ0) is 20.5. The van der Waals surface area contributed by atoms with Crippen LogP contribution in [0.4, 0.5) is 5.69 Å². The second-order valence-electron chi connectivity index (χ2n) is 6.34. The quantitative estimate of drug-likeness (QED) is 0.537. The van der Waals surface area contributed by atoms with Gasteiger partial charge in [0.2, 0.25) is 15.9 Å². The van der Waals surface area contributed by atoms with Crippen LogP contribution in [0.1, 0.15) is 22.3 Å². The van der Waals surface area contributed by atoms with Gasteiger partial charge < -0.3 is 15.2 Å². The summed E-state index contributed by atoms with van der Waals surface area (Å²) in [6.07, 6.45) is 0.0103. The van der Waals surface area contributed by atoms with Crippen molar-refractivity contribution in [1.82, 2.24) is 0 Å². The molecule has 10 heteroatoms. The highest BCUT2D eigenvalue weighted by Crippen LogP contribution is 2.22. The normalized spacial score (nSPS) is 17.2. The summed E-state index contributed by atoms with van der Waals surface area (Å²) in [5, 5.41) is 17.6. The Hall–Kier alpha value is -3.08. The van der Waals surface area contributed by atoms with E-state index in [9.17, 15) is 27.9 Å². The van der Waals surface area contributed by atoms with Crippen molar-refractivity contribution in [3.05, 3.63) is 59.7 Å². The maximum atomic E-state index is 12.6. The molecule has 3 rings (SSSR count). The first kappa shape index (κ1) is 19.7. The van der Waals surface area contributed by atoms with Crippen LogP contribution in [0.2, 0.25) is 0 Å². The van der Waals surface area contributed by atoms with E-state index in [1.165, 1.54) is 36.4 Å². The van der Waals surface area contributed by atoms with Crippen LogP contribution in [0, 0.1) is 0 Å². The molecule has 2 aromatic rings. The van der Waals surface area contributed by atoms with Gasteiger partial charge in [-0.25, -0.2) is 18.5 Å². The second-order valence-corrected chi connectivity index (χ2v) is 7.90. The number of carboxylic acids is 1. The third-order valence-electron chi connectivity index (χ3n) is 4.43. The molecule has 1 atom stereocenters. The minimum atomic E-state index is -3.77. The number of nitrogens with two attached hydrogens (primary N) is 2. The van der Waals surface area contributed by atoms with Gasteiger partial charge in [-0.05, 0) is 29.8 Å². The highest BCUT2D eigenvalue weighted by atomic mass is 32.2. The van der Waals surface area contributed by atoms with Gasteiger partial charge >= 0.3 is 0 Å². The number of amides is 2. The molecule has 146 valence electrons. The average Bonchev–Trinajstić information content (AvgIpc) is 2.93. The van der Waals surface area contributed by atoms with Gasteiger partial charge in [-0.3, -0.25) is 9.59 Å². The molecule has 2 aromatic carbocycles. The summed E-state index contributed by atoms with van der Waals surface area (Å²) < 4.78 is 22.5. The lowest BCUT2D eigenvalue weighted by Gasteiger charge is -2.15. The Morgan fingerprint density at radius 3 is 2.25 bits per heavy atom. The van der Waals surface area contributed by atoms with E-state index in [2.05, 4.69) is 0 Å². The van der Waals surface area contributed by atoms with Crippen molar-refractivity contribution in [3.63, 3.8) is 0 Å². The number of nitrogens with zero attached hydrogens (tertiary/aromatic N) is 1. The summed E-state index contributed by atoms with van der Waals surface area (Å²) in [7, 11) is -3.77. The Morgan fingerprint density at radius 2 is 1.71 bits per heavy atom. The van der Waals surface area contributed by atoms with Crippen LogP contribution in [0.5, 0.6) is 0 Å². The van der Waals surface area contributed by atoms with Crippen molar-refractivity contribution < 1.29 is 33.2 Å². The third kappa shape index (κ3) is 4.09. The zero-order valence-electron chi connectivity index (χ0n) is 14.6. The molecule has 0 aromatic heterocycles. The highest BCUT2D eigenvalue weighted by molar-refractivity contribution is 7.89. The van der Waals surface area contributed by atoms with Crippen LogP contribution < -0.4 is 20.5 Å². The molecule has 1 saturated heterocycles. The number of aromatic carboxylic acids is 1.